The van der Waals surface area contributed by atoms with Gasteiger partial charge in [-0.2, -0.15) is 0 Å². The third-order valence-electron chi connectivity index (χ3n) is 2.97. The van der Waals surface area contributed by atoms with E-state index in [1.165, 1.54) is 19.4 Å². The van der Waals surface area contributed by atoms with Crippen molar-refractivity contribution in [2.75, 3.05) is 40.4 Å². The van der Waals surface area contributed by atoms with Crippen molar-refractivity contribution < 1.29 is 4.74 Å². The number of ether oxygens (including phenoxy) is 1. The van der Waals surface area contributed by atoms with E-state index in [4.69, 9.17) is 4.74 Å². The summed E-state index contributed by atoms with van der Waals surface area (Å²) >= 11 is 0. The number of nitrogens with zero attached hydrogens (tertiary/aromatic N) is 1. The molecule has 1 rings (SSSR count). The summed E-state index contributed by atoms with van der Waals surface area (Å²) in [6.07, 6.45) is 2.39. The molecule has 1 heterocycles. The van der Waals surface area contributed by atoms with Gasteiger partial charge in [-0.05, 0) is 39.4 Å². The molecule has 0 spiro atoms. The Labute approximate surface area is 87.8 Å². The summed E-state index contributed by atoms with van der Waals surface area (Å²) < 4.78 is 5.36. The number of hydrogen-bond acceptors (Lipinski definition) is 3. The van der Waals surface area contributed by atoms with Gasteiger partial charge in [-0.3, -0.25) is 0 Å². The number of nitrogens with one attached hydrogen (secondary N) is 1. The number of hydrogen-bond donors (Lipinski definition) is 1. The molecule has 0 radical (unpaired) electrons. The van der Waals surface area contributed by atoms with E-state index in [-0.39, 0.29) is 0 Å². The second-order valence-electron chi connectivity index (χ2n) is 4.45. The lowest BCUT2D eigenvalue weighted by Crippen LogP contribution is -2.40. The van der Waals surface area contributed by atoms with Crippen molar-refractivity contribution in [3.63, 3.8) is 0 Å². The Morgan fingerprint density at radius 3 is 2.64 bits per heavy atom. The van der Waals surface area contributed by atoms with Crippen LogP contribution in [0.25, 0.3) is 0 Å². The molecule has 0 aromatic heterocycles. The van der Waals surface area contributed by atoms with Crippen LogP contribution in [0.1, 0.15) is 19.8 Å². The van der Waals surface area contributed by atoms with Gasteiger partial charge in [0.25, 0.3) is 0 Å². The Kier molecular flexibility index (Phi) is 5.45. The molecule has 0 saturated carbocycles. The molecular formula is C11H24N2O. The maximum Gasteiger partial charge on any atom is 0.0480 e. The highest BCUT2D eigenvalue weighted by molar-refractivity contribution is 4.73. The molecule has 84 valence electrons. The van der Waals surface area contributed by atoms with Crippen LogP contribution in [0, 0.1) is 5.92 Å². The fraction of sp³-hybridized carbons (Fsp3) is 1.00. The summed E-state index contributed by atoms with van der Waals surface area (Å²) in [5, 5.41) is 3.22. The van der Waals surface area contributed by atoms with Gasteiger partial charge in [0.1, 0.15) is 0 Å². The Morgan fingerprint density at radius 1 is 1.43 bits per heavy atom. The van der Waals surface area contributed by atoms with Gasteiger partial charge in [-0.1, -0.05) is 6.92 Å². The third-order valence-corrected chi connectivity index (χ3v) is 2.97. The minimum Gasteiger partial charge on any atom is -0.381 e. The highest BCUT2D eigenvalue weighted by Gasteiger charge is 2.19. The van der Waals surface area contributed by atoms with Gasteiger partial charge >= 0.3 is 0 Å². The molecule has 0 amide bonds. The molecule has 0 aromatic rings. The summed E-state index contributed by atoms with van der Waals surface area (Å²) in [6.45, 7) is 6.47. The van der Waals surface area contributed by atoms with Crippen LogP contribution in [0.4, 0.5) is 0 Å². The molecule has 1 N–H and O–H groups in total. The Morgan fingerprint density at radius 2 is 2.07 bits per heavy atom. The van der Waals surface area contributed by atoms with Crippen LogP contribution < -0.4 is 5.32 Å². The van der Waals surface area contributed by atoms with Gasteiger partial charge in [0.2, 0.25) is 0 Å². The van der Waals surface area contributed by atoms with Gasteiger partial charge in [-0.15, -0.1) is 0 Å². The quantitative estimate of drug-likeness (QED) is 0.715. The second-order valence-corrected chi connectivity index (χ2v) is 4.45. The predicted molar refractivity (Wildman–Crippen MR) is 59.6 cm³/mol. The Bertz CT molecular complexity index is 146. The predicted octanol–water partition coefficient (Wildman–Crippen LogP) is 0.953. The minimum atomic E-state index is 0.729. The molecular weight excluding hydrogens is 176 g/mol. The van der Waals surface area contributed by atoms with Crippen LogP contribution in [-0.2, 0) is 4.74 Å². The molecule has 1 saturated heterocycles. The molecule has 1 aliphatic rings. The standard InChI is InChI=1S/C11H24N2O/c1-10(8-12-2)9-13(3)11-4-6-14-7-5-11/h10-12H,4-9H2,1-3H3. The van der Waals surface area contributed by atoms with E-state index in [2.05, 4.69) is 24.2 Å². The molecule has 3 heteroatoms. The van der Waals surface area contributed by atoms with Gasteiger partial charge in [0, 0.05) is 25.8 Å². The van der Waals surface area contributed by atoms with Crippen molar-refractivity contribution in [3.05, 3.63) is 0 Å². The zero-order valence-electron chi connectivity index (χ0n) is 9.75. The Hall–Kier alpha value is -0.120. The highest BCUT2D eigenvalue weighted by Crippen LogP contribution is 2.13. The van der Waals surface area contributed by atoms with Gasteiger partial charge in [0.15, 0.2) is 0 Å². The van der Waals surface area contributed by atoms with Crippen molar-refractivity contribution in [1.29, 1.82) is 0 Å². The highest BCUT2D eigenvalue weighted by atomic mass is 16.5. The van der Waals surface area contributed by atoms with E-state index in [0.29, 0.717) is 0 Å². The summed E-state index contributed by atoms with van der Waals surface area (Å²) in [7, 11) is 4.26. The van der Waals surface area contributed by atoms with Crippen LogP contribution >= 0.6 is 0 Å². The molecule has 1 fully saturated rings. The third kappa shape index (κ3) is 3.95. The molecule has 1 unspecified atom stereocenters. The molecule has 0 bridgehead atoms. The number of rotatable bonds is 5. The van der Waals surface area contributed by atoms with Crippen LogP contribution in [0.3, 0.4) is 0 Å². The summed E-state index contributed by atoms with van der Waals surface area (Å²) in [4.78, 5) is 2.49. The van der Waals surface area contributed by atoms with E-state index in [0.717, 1.165) is 31.7 Å². The maximum atomic E-state index is 5.36. The molecule has 1 aliphatic heterocycles. The SMILES string of the molecule is CNCC(C)CN(C)C1CCOCC1. The smallest absolute Gasteiger partial charge is 0.0480 e. The van der Waals surface area contributed by atoms with Crippen LogP contribution in [0.2, 0.25) is 0 Å². The van der Waals surface area contributed by atoms with Crippen molar-refractivity contribution in [2.45, 2.75) is 25.8 Å². The van der Waals surface area contributed by atoms with Crippen molar-refractivity contribution in [2.24, 2.45) is 5.92 Å². The maximum absolute atomic E-state index is 5.36. The summed E-state index contributed by atoms with van der Waals surface area (Å²) in [5.41, 5.74) is 0. The fourth-order valence-electron chi connectivity index (χ4n) is 2.18. The van der Waals surface area contributed by atoms with Crippen LogP contribution in [0.15, 0.2) is 0 Å². The molecule has 0 aromatic carbocycles. The first-order valence-electron chi connectivity index (χ1n) is 5.66. The van der Waals surface area contributed by atoms with Gasteiger partial charge in [0.05, 0.1) is 0 Å². The van der Waals surface area contributed by atoms with Crippen molar-refractivity contribution in [3.8, 4) is 0 Å². The van der Waals surface area contributed by atoms with Crippen LogP contribution in [-0.4, -0.2) is 51.3 Å². The first kappa shape index (κ1) is 12.0. The van der Waals surface area contributed by atoms with Crippen molar-refractivity contribution >= 4 is 0 Å². The average Bonchev–Trinajstić information content (AvgIpc) is 2.19. The molecule has 14 heavy (non-hydrogen) atoms. The van der Waals surface area contributed by atoms with E-state index in [1.54, 1.807) is 0 Å². The van der Waals surface area contributed by atoms with E-state index < -0.39 is 0 Å². The lowest BCUT2D eigenvalue weighted by atomic mass is 10.1. The Balaban J connectivity index is 2.21. The lowest BCUT2D eigenvalue weighted by molar-refractivity contribution is 0.0391. The summed E-state index contributed by atoms with van der Waals surface area (Å²) in [5.74, 6) is 0.729. The zero-order chi connectivity index (χ0) is 10.4. The molecule has 0 aliphatic carbocycles. The summed E-state index contributed by atoms with van der Waals surface area (Å²) in [6, 6.07) is 0.739. The van der Waals surface area contributed by atoms with E-state index in [1.807, 2.05) is 7.05 Å². The van der Waals surface area contributed by atoms with Gasteiger partial charge < -0.3 is 15.0 Å². The average molecular weight is 200 g/mol. The minimum absolute atomic E-state index is 0.729. The van der Waals surface area contributed by atoms with Crippen LogP contribution in [0.5, 0.6) is 0 Å². The monoisotopic (exact) mass is 200 g/mol. The fourth-order valence-corrected chi connectivity index (χ4v) is 2.18. The van der Waals surface area contributed by atoms with E-state index >= 15 is 0 Å². The first-order chi connectivity index (χ1) is 6.74. The topological polar surface area (TPSA) is 24.5 Å². The lowest BCUT2D eigenvalue weighted by Gasteiger charge is -2.32. The van der Waals surface area contributed by atoms with Crippen molar-refractivity contribution in [1.82, 2.24) is 10.2 Å². The van der Waals surface area contributed by atoms with Gasteiger partial charge in [-0.25, -0.2) is 0 Å². The molecule has 3 nitrogen and oxygen atoms in total. The van der Waals surface area contributed by atoms with E-state index in [9.17, 15) is 0 Å². The second kappa shape index (κ2) is 6.38. The zero-order valence-corrected chi connectivity index (χ0v) is 9.75. The largest absolute Gasteiger partial charge is 0.381 e. The first-order valence-corrected chi connectivity index (χ1v) is 5.66. The molecule has 1 atom stereocenters. The normalized spacial score (nSPS) is 21.4.